The first-order valence-electron chi connectivity index (χ1n) is 9.06. The van der Waals surface area contributed by atoms with Crippen molar-refractivity contribution in [2.24, 2.45) is 4.99 Å². The molecular weight excluding hydrogens is 440 g/mol. The third-order valence-electron chi connectivity index (χ3n) is 3.73. The number of carbonyl (C=O) groups excluding carboxylic acids is 3. The van der Waals surface area contributed by atoms with Gasteiger partial charge in [0.15, 0.2) is 0 Å². The van der Waals surface area contributed by atoms with Gasteiger partial charge < -0.3 is 19.5 Å². The number of guanidine groups is 1. The maximum Gasteiger partial charge on any atom is 0.413 e. The Bertz CT molecular complexity index is 1010. The molecule has 0 heterocycles. The molecule has 170 valence electrons. The number of rotatable bonds is 6. The van der Waals surface area contributed by atoms with Crippen LogP contribution in [0.25, 0.3) is 0 Å². The number of carbonyl (C=O) groups is 3. The Morgan fingerprint density at radius 3 is 2.09 bits per heavy atom. The van der Waals surface area contributed by atoms with Crippen LogP contribution in [0.2, 0.25) is 0 Å². The Morgan fingerprint density at radius 1 is 0.906 bits per heavy atom. The van der Waals surface area contributed by atoms with Crippen LogP contribution in [0.1, 0.15) is 0 Å². The number of hydrogen-bond acceptors (Lipinski definition) is 8. The van der Waals surface area contributed by atoms with E-state index in [-0.39, 0.29) is 23.9 Å². The van der Waals surface area contributed by atoms with Crippen molar-refractivity contribution in [2.75, 3.05) is 33.3 Å². The standard InChI is InChI=1S/C20H22N4O7S/c1-29-12-17(25)21-16-11-14(32(28)13-7-5-4-6-8-13)9-10-15(16)22-18(23-19(26)30-2)24-20(27)31-3/h4-11H,12H2,1-3H3,(H,21,25)(H2,22,23,24,26,27). The van der Waals surface area contributed by atoms with Gasteiger partial charge in [-0.25, -0.2) is 18.8 Å². The lowest BCUT2D eigenvalue weighted by Gasteiger charge is -2.13. The van der Waals surface area contributed by atoms with E-state index in [4.69, 9.17) is 4.74 Å². The summed E-state index contributed by atoms with van der Waals surface area (Å²) in [7, 11) is 2.10. The first-order valence-corrected chi connectivity index (χ1v) is 10.2. The summed E-state index contributed by atoms with van der Waals surface area (Å²) >= 11 is 0. The van der Waals surface area contributed by atoms with Gasteiger partial charge in [-0.05, 0) is 30.3 Å². The quantitative estimate of drug-likeness (QED) is 0.441. The summed E-state index contributed by atoms with van der Waals surface area (Å²) in [5.74, 6) is -0.808. The van der Waals surface area contributed by atoms with Gasteiger partial charge in [0.2, 0.25) is 11.9 Å². The van der Waals surface area contributed by atoms with Gasteiger partial charge in [0.1, 0.15) is 6.61 Å². The summed E-state index contributed by atoms with van der Waals surface area (Å²) in [6.07, 6.45) is -1.79. The second kappa shape index (κ2) is 12.2. The fourth-order valence-electron chi connectivity index (χ4n) is 2.33. The van der Waals surface area contributed by atoms with Crippen molar-refractivity contribution in [1.82, 2.24) is 10.6 Å². The molecule has 0 aromatic heterocycles. The van der Waals surface area contributed by atoms with Gasteiger partial charge in [-0.2, -0.15) is 0 Å². The van der Waals surface area contributed by atoms with Gasteiger partial charge in [0.05, 0.1) is 36.4 Å². The van der Waals surface area contributed by atoms with E-state index in [9.17, 15) is 18.6 Å². The molecule has 12 heteroatoms. The topological polar surface area (TPSA) is 144 Å². The summed E-state index contributed by atoms with van der Waals surface area (Å²) in [6, 6.07) is 13.2. The van der Waals surface area contributed by atoms with E-state index in [1.54, 1.807) is 36.4 Å². The Balaban J connectivity index is 2.49. The first-order chi connectivity index (χ1) is 15.4. The first kappa shape index (κ1) is 24.5. The maximum atomic E-state index is 12.9. The number of amides is 3. The second-order valence-electron chi connectivity index (χ2n) is 5.94. The molecule has 11 nitrogen and oxygen atoms in total. The molecule has 0 saturated heterocycles. The predicted octanol–water partition coefficient (Wildman–Crippen LogP) is 2.14. The van der Waals surface area contributed by atoms with E-state index >= 15 is 0 Å². The zero-order valence-corrected chi connectivity index (χ0v) is 18.4. The van der Waals surface area contributed by atoms with Crippen molar-refractivity contribution in [2.45, 2.75) is 9.79 Å². The molecule has 0 bridgehead atoms. The molecule has 1 unspecified atom stereocenters. The monoisotopic (exact) mass is 462 g/mol. The van der Waals surface area contributed by atoms with Crippen LogP contribution in [0, 0.1) is 0 Å². The normalized spacial score (nSPS) is 11.0. The molecule has 2 aromatic rings. The van der Waals surface area contributed by atoms with Crippen LogP contribution in [0.5, 0.6) is 0 Å². The van der Waals surface area contributed by atoms with Crippen molar-refractivity contribution >= 4 is 46.2 Å². The van der Waals surface area contributed by atoms with E-state index in [1.807, 2.05) is 0 Å². The third-order valence-corrected chi connectivity index (χ3v) is 5.12. The molecule has 0 saturated carbocycles. The average Bonchev–Trinajstić information content (AvgIpc) is 2.80. The SMILES string of the molecule is COCC(=O)Nc1cc(S(=O)c2ccccc2)ccc1N=C(NC(=O)OC)NC(=O)OC. The van der Waals surface area contributed by atoms with Gasteiger partial charge in [-0.15, -0.1) is 0 Å². The fraction of sp³-hybridized carbons (Fsp3) is 0.200. The van der Waals surface area contributed by atoms with Crippen LogP contribution in [-0.2, 0) is 29.8 Å². The Kier molecular flexibility index (Phi) is 9.32. The van der Waals surface area contributed by atoms with E-state index in [2.05, 4.69) is 30.4 Å². The Morgan fingerprint density at radius 2 is 1.53 bits per heavy atom. The minimum Gasteiger partial charge on any atom is -0.453 e. The molecule has 3 N–H and O–H groups in total. The van der Waals surface area contributed by atoms with E-state index in [0.717, 1.165) is 14.2 Å². The van der Waals surface area contributed by atoms with Gasteiger partial charge >= 0.3 is 12.2 Å². The van der Waals surface area contributed by atoms with E-state index < -0.39 is 28.9 Å². The highest BCUT2D eigenvalue weighted by molar-refractivity contribution is 7.85. The van der Waals surface area contributed by atoms with Crippen LogP contribution in [0.3, 0.4) is 0 Å². The van der Waals surface area contributed by atoms with E-state index in [0.29, 0.717) is 9.79 Å². The molecule has 0 aliphatic rings. The van der Waals surface area contributed by atoms with Crippen LogP contribution >= 0.6 is 0 Å². The van der Waals surface area contributed by atoms with Gasteiger partial charge in [-0.3, -0.25) is 15.4 Å². The number of benzene rings is 2. The molecule has 2 aromatic carbocycles. The molecule has 3 amide bonds. The summed E-state index contributed by atoms with van der Waals surface area (Å²) < 4.78 is 26.7. The summed E-state index contributed by atoms with van der Waals surface area (Å²) in [4.78, 5) is 40.4. The predicted molar refractivity (Wildman–Crippen MR) is 116 cm³/mol. The minimum absolute atomic E-state index is 0.145. The molecule has 0 aliphatic carbocycles. The highest BCUT2D eigenvalue weighted by Crippen LogP contribution is 2.29. The molecule has 32 heavy (non-hydrogen) atoms. The molecule has 2 rings (SSSR count). The van der Waals surface area contributed by atoms with Crippen molar-refractivity contribution in [3.8, 4) is 0 Å². The van der Waals surface area contributed by atoms with Crippen LogP contribution < -0.4 is 16.0 Å². The molecule has 0 fully saturated rings. The lowest BCUT2D eigenvalue weighted by Crippen LogP contribution is -2.43. The number of hydrogen-bond donors (Lipinski definition) is 3. The number of nitrogens with zero attached hydrogens (tertiary/aromatic N) is 1. The number of methoxy groups -OCH3 is 3. The zero-order valence-electron chi connectivity index (χ0n) is 17.5. The third kappa shape index (κ3) is 7.18. The van der Waals surface area contributed by atoms with Crippen molar-refractivity contribution < 1.29 is 32.8 Å². The fourth-order valence-corrected chi connectivity index (χ4v) is 3.42. The second-order valence-corrected chi connectivity index (χ2v) is 7.42. The molecule has 0 aliphatic heterocycles. The van der Waals surface area contributed by atoms with Crippen LogP contribution in [0.4, 0.5) is 21.0 Å². The molecular formula is C20H22N4O7S. The van der Waals surface area contributed by atoms with Crippen molar-refractivity contribution in [1.29, 1.82) is 0 Å². The average molecular weight is 462 g/mol. The number of aliphatic imine (C=N–C) groups is 1. The number of nitrogens with one attached hydrogen (secondary N) is 3. The molecule has 0 spiro atoms. The molecule has 0 radical (unpaired) electrons. The number of anilines is 1. The van der Waals surface area contributed by atoms with Gasteiger partial charge in [0.25, 0.3) is 0 Å². The smallest absolute Gasteiger partial charge is 0.413 e. The summed E-state index contributed by atoms with van der Waals surface area (Å²) in [6.45, 7) is -0.233. The van der Waals surface area contributed by atoms with Crippen LogP contribution in [0.15, 0.2) is 63.3 Å². The summed E-state index contributed by atoms with van der Waals surface area (Å²) in [5, 5.41) is 7.06. The number of alkyl carbamates (subject to hydrolysis) is 2. The highest BCUT2D eigenvalue weighted by Gasteiger charge is 2.15. The van der Waals surface area contributed by atoms with E-state index in [1.165, 1.54) is 19.2 Å². The number of ether oxygens (including phenoxy) is 3. The largest absolute Gasteiger partial charge is 0.453 e. The minimum atomic E-state index is -1.53. The van der Waals surface area contributed by atoms with Crippen molar-refractivity contribution in [3.63, 3.8) is 0 Å². The zero-order chi connectivity index (χ0) is 23.5. The van der Waals surface area contributed by atoms with Crippen LogP contribution in [-0.4, -0.2) is 56.2 Å². The maximum absolute atomic E-state index is 12.9. The molecule has 1 atom stereocenters. The Labute approximate surface area is 186 Å². The van der Waals surface area contributed by atoms with Gasteiger partial charge in [-0.1, -0.05) is 18.2 Å². The highest BCUT2D eigenvalue weighted by atomic mass is 32.2. The van der Waals surface area contributed by atoms with Crippen molar-refractivity contribution in [3.05, 3.63) is 48.5 Å². The van der Waals surface area contributed by atoms with Gasteiger partial charge in [0, 0.05) is 16.9 Å². The lowest BCUT2D eigenvalue weighted by molar-refractivity contribution is -0.119. The Hall–Kier alpha value is -3.77. The summed E-state index contributed by atoms with van der Waals surface area (Å²) in [5.41, 5.74) is 0.315. The lowest BCUT2D eigenvalue weighted by atomic mass is 10.2.